The van der Waals surface area contributed by atoms with Gasteiger partial charge in [-0.15, -0.1) is 0 Å². The Bertz CT molecular complexity index is 610. The highest BCUT2D eigenvalue weighted by Crippen LogP contribution is 2.22. The minimum absolute atomic E-state index is 0.186. The molecule has 2 rings (SSSR count). The maximum absolute atomic E-state index is 12.0. The Morgan fingerprint density at radius 1 is 1.30 bits per heavy atom. The molecule has 0 heterocycles. The topological polar surface area (TPSA) is 67.4 Å². The Balaban J connectivity index is 1.79. The Kier molecular flexibility index (Phi) is 5.79. The summed E-state index contributed by atoms with van der Waals surface area (Å²) in [6.45, 7) is 5.60. The van der Waals surface area contributed by atoms with Gasteiger partial charge in [-0.05, 0) is 56.7 Å². The van der Waals surface area contributed by atoms with Crippen molar-refractivity contribution in [1.29, 1.82) is 0 Å². The molecule has 5 heteroatoms. The van der Waals surface area contributed by atoms with Crippen molar-refractivity contribution in [2.45, 2.75) is 46.1 Å². The maximum atomic E-state index is 12.0. The van der Waals surface area contributed by atoms with Crippen molar-refractivity contribution in [2.24, 2.45) is 5.92 Å². The number of amides is 2. The molecule has 2 atom stereocenters. The summed E-state index contributed by atoms with van der Waals surface area (Å²) >= 11 is 0. The van der Waals surface area contributed by atoms with Crippen LogP contribution in [0.2, 0.25) is 0 Å². The lowest BCUT2D eigenvalue weighted by atomic mass is 10.1. The van der Waals surface area contributed by atoms with E-state index < -0.39 is 6.10 Å². The molecule has 0 bridgehead atoms. The fourth-order valence-corrected chi connectivity index (χ4v) is 2.48. The van der Waals surface area contributed by atoms with Crippen molar-refractivity contribution in [2.75, 3.05) is 0 Å². The van der Waals surface area contributed by atoms with E-state index in [0.29, 0.717) is 12.2 Å². The zero-order valence-corrected chi connectivity index (χ0v) is 13.9. The van der Waals surface area contributed by atoms with E-state index in [1.54, 1.807) is 6.92 Å². The number of carbonyl (C=O) groups is 2. The summed E-state index contributed by atoms with van der Waals surface area (Å²) in [5.41, 5.74) is 6.98. The monoisotopic (exact) mass is 316 g/mol. The van der Waals surface area contributed by atoms with Crippen LogP contribution in [0.5, 0.6) is 5.75 Å². The summed E-state index contributed by atoms with van der Waals surface area (Å²) < 4.78 is 5.68. The smallest absolute Gasteiger partial charge is 0.279 e. The molecule has 0 saturated carbocycles. The second-order valence-electron chi connectivity index (χ2n) is 5.97. The molecule has 0 radical (unpaired) electrons. The first kappa shape index (κ1) is 17.1. The molecule has 2 unspecified atom stereocenters. The lowest BCUT2D eigenvalue weighted by Crippen LogP contribution is -2.47. The minimum atomic E-state index is -0.692. The molecule has 0 spiro atoms. The Labute approximate surface area is 137 Å². The first-order valence-corrected chi connectivity index (χ1v) is 7.95. The second kappa shape index (κ2) is 7.81. The minimum Gasteiger partial charge on any atom is -0.481 e. The average molecular weight is 316 g/mol. The molecule has 1 aliphatic carbocycles. The molecule has 5 nitrogen and oxygen atoms in total. The summed E-state index contributed by atoms with van der Waals surface area (Å²) in [5, 5.41) is 0. The quantitative estimate of drug-likeness (QED) is 0.648. The van der Waals surface area contributed by atoms with E-state index in [4.69, 9.17) is 4.74 Å². The Hall–Kier alpha value is -2.30. The number of allylic oxidation sites excluding steroid dienone is 2. The van der Waals surface area contributed by atoms with Gasteiger partial charge in [-0.3, -0.25) is 20.4 Å². The van der Waals surface area contributed by atoms with Crippen LogP contribution in [0.3, 0.4) is 0 Å². The highest BCUT2D eigenvalue weighted by atomic mass is 16.5. The van der Waals surface area contributed by atoms with E-state index in [0.717, 1.165) is 24.0 Å². The van der Waals surface area contributed by atoms with Gasteiger partial charge in [0.25, 0.3) is 5.91 Å². The van der Waals surface area contributed by atoms with Crippen molar-refractivity contribution in [1.82, 2.24) is 10.9 Å². The third-order valence-corrected chi connectivity index (χ3v) is 4.11. The van der Waals surface area contributed by atoms with Crippen molar-refractivity contribution in [3.63, 3.8) is 0 Å². The maximum Gasteiger partial charge on any atom is 0.279 e. The molecular weight excluding hydrogens is 292 g/mol. The average Bonchev–Trinajstić information content (AvgIpc) is 3.02. The molecule has 2 N–H and O–H groups in total. The van der Waals surface area contributed by atoms with Crippen molar-refractivity contribution in [3.05, 3.63) is 41.5 Å². The van der Waals surface area contributed by atoms with E-state index in [-0.39, 0.29) is 17.7 Å². The number of carbonyl (C=O) groups excluding carboxylic acids is 2. The van der Waals surface area contributed by atoms with Crippen molar-refractivity contribution < 1.29 is 14.3 Å². The van der Waals surface area contributed by atoms with Gasteiger partial charge in [0.15, 0.2) is 6.10 Å². The number of aryl methyl sites for hydroxylation is 1. The molecule has 0 aromatic heterocycles. The van der Waals surface area contributed by atoms with Crippen LogP contribution in [0, 0.1) is 19.8 Å². The van der Waals surface area contributed by atoms with Gasteiger partial charge in [-0.2, -0.15) is 0 Å². The number of hydrazine groups is 1. The SMILES string of the molecule is Cc1cccc(OC(C)C(=O)NNC(=O)CC2C=CCC2)c1C. The number of nitrogens with one attached hydrogen (secondary N) is 2. The van der Waals surface area contributed by atoms with Crippen LogP contribution in [0.4, 0.5) is 0 Å². The Morgan fingerprint density at radius 3 is 2.78 bits per heavy atom. The van der Waals surface area contributed by atoms with Crippen LogP contribution >= 0.6 is 0 Å². The van der Waals surface area contributed by atoms with E-state index in [9.17, 15) is 9.59 Å². The first-order chi connectivity index (χ1) is 11.0. The molecule has 0 fully saturated rings. The van der Waals surface area contributed by atoms with Gasteiger partial charge in [0.1, 0.15) is 5.75 Å². The normalized spacial score (nSPS) is 17.6. The van der Waals surface area contributed by atoms with Crippen LogP contribution in [0.1, 0.15) is 37.3 Å². The third-order valence-electron chi connectivity index (χ3n) is 4.11. The van der Waals surface area contributed by atoms with Gasteiger partial charge in [0.05, 0.1) is 0 Å². The molecule has 1 aliphatic rings. The van der Waals surface area contributed by atoms with Crippen LogP contribution in [-0.4, -0.2) is 17.9 Å². The van der Waals surface area contributed by atoms with E-state index in [1.165, 1.54) is 0 Å². The third kappa shape index (κ3) is 4.84. The van der Waals surface area contributed by atoms with Crippen LogP contribution < -0.4 is 15.6 Å². The molecule has 1 aromatic rings. The van der Waals surface area contributed by atoms with Gasteiger partial charge >= 0.3 is 0 Å². The standard InChI is InChI=1S/C18H24N2O3/c1-12-7-6-10-16(13(12)2)23-14(3)18(22)20-19-17(21)11-15-8-4-5-9-15/h4,6-8,10,14-15H,5,9,11H2,1-3H3,(H,19,21)(H,20,22). The fraction of sp³-hybridized carbons (Fsp3) is 0.444. The highest BCUT2D eigenvalue weighted by molar-refractivity contribution is 5.84. The zero-order chi connectivity index (χ0) is 16.8. The van der Waals surface area contributed by atoms with Gasteiger partial charge in [0, 0.05) is 6.42 Å². The molecule has 0 aliphatic heterocycles. The predicted molar refractivity (Wildman–Crippen MR) is 88.8 cm³/mol. The number of hydrogen-bond acceptors (Lipinski definition) is 3. The van der Waals surface area contributed by atoms with Crippen molar-refractivity contribution >= 4 is 11.8 Å². The lowest BCUT2D eigenvalue weighted by Gasteiger charge is -2.17. The van der Waals surface area contributed by atoms with E-state index in [2.05, 4.69) is 16.9 Å². The van der Waals surface area contributed by atoms with Crippen LogP contribution in [0.15, 0.2) is 30.4 Å². The van der Waals surface area contributed by atoms with Crippen molar-refractivity contribution in [3.8, 4) is 5.75 Å². The fourth-order valence-electron chi connectivity index (χ4n) is 2.48. The first-order valence-electron chi connectivity index (χ1n) is 7.95. The molecule has 124 valence electrons. The summed E-state index contributed by atoms with van der Waals surface area (Å²) in [5.74, 6) is 0.389. The van der Waals surface area contributed by atoms with E-state index in [1.807, 2.05) is 38.1 Å². The molecule has 0 saturated heterocycles. The van der Waals surface area contributed by atoms with Gasteiger partial charge in [0.2, 0.25) is 5.91 Å². The lowest BCUT2D eigenvalue weighted by molar-refractivity contribution is -0.133. The Morgan fingerprint density at radius 2 is 2.09 bits per heavy atom. The second-order valence-corrected chi connectivity index (χ2v) is 5.97. The molecular formula is C18H24N2O3. The van der Waals surface area contributed by atoms with Gasteiger partial charge in [-0.1, -0.05) is 24.3 Å². The van der Waals surface area contributed by atoms with Gasteiger partial charge in [-0.25, -0.2) is 0 Å². The van der Waals surface area contributed by atoms with E-state index >= 15 is 0 Å². The molecule has 2 amide bonds. The van der Waals surface area contributed by atoms with Crippen LogP contribution in [0.25, 0.3) is 0 Å². The largest absolute Gasteiger partial charge is 0.481 e. The van der Waals surface area contributed by atoms with Crippen LogP contribution in [-0.2, 0) is 9.59 Å². The summed E-state index contributed by atoms with van der Waals surface area (Å²) in [4.78, 5) is 23.8. The number of ether oxygens (including phenoxy) is 1. The summed E-state index contributed by atoms with van der Waals surface area (Å²) in [6, 6.07) is 5.71. The zero-order valence-electron chi connectivity index (χ0n) is 13.9. The number of rotatable bonds is 5. The predicted octanol–water partition coefficient (Wildman–Crippen LogP) is 2.57. The number of hydrogen-bond donors (Lipinski definition) is 2. The van der Waals surface area contributed by atoms with Gasteiger partial charge < -0.3 is 4.74 Å². The summed E-state index contributed by atoms with van der Waals surface area (Å²) in [7, 11) is 0. The molecule has 1 aromatic carbocycles. The highest BCUT2D eigenvalue weighted by Gasteiger charge is 2.18. The number of benzene rings is 1. The summed E-state index contributed by atoms with van der Waals surface area (Å²) in [6.07, 6.45) is 5.84. The molecule has 23 heavy (non-hydrogen) atoms.